The van der Waals surface area contributed by atoms with Gasteiger partial charge in [-0.2, -0.15) is 0 Å². The number of aliphatic hydroxyl groups excluding tert-OH is 1. The number of hydrogen-bond donors (Lipinski definition) is 1. The Bertz CT molecular complexity index is 246. The van der Waals surface area contributed by atoms with Crippen LogP contribution in [-0.2, 0) is 4.74 Å². The highest BCUT2D eigenvalue weighted by atomic mass is 16.5. The van der Waals surface area contributed by atoms with Crippen LogP contribution in [0.5, 0.6) is 0 Å². The Labute approximate surface area is 151 Å². The Hall–Kier alpha value is -0.0800. The number of ether oxygens (including phenoxy) is 1. The summed E-state index contributed by atoms with van der Waals surface area (Å²) in [7, 11) is 0. The zero-order chi connectivity index (χ0) is 17.3. The van der Waals surface area contributed by atoms with E-state index in [-0.39, 0.29) is 6.10 Å². The number of rotatable bonds is 16. The molecule has 0 aromatic heterocycles. The number of unbranched alkanes of at least 4 members (excludes halogenated alkanes) is 13. The van der Waals surface area contributed by atoms with Crippen LogP contribution in [0.3, 0.4) is 0 Å². The highest BCUT2D eigenvalue weighted by molar-refractivity contribution is 4.71. The molecule has 1 aliphatic carbocycles. The summed E-state index contributed by atoms with van der Waals surface area (Å²) in [4.78, 5) is 0. The van der Waals surface area contributed by atoms with Gasteiger partial charge in [-0.05, 0) is 32.1 Å². The van der Waals surface area contributed by atoms with Crippen molar-refractivity contribution in [3.8, 4) is 0 Å². The summed E-state index contributed by atoms with van der Waals surface area (Å²) in [5.41, 5.74) is 0. The monoisotopic (exact) mass is 340 g/mol. The lowest BCUT2D eigenvalue weighted by Crippen LogP contribution is -2.24. The van der Waals surface area contributed by atoms with E-state index in [0.717, 1.165) is 32.3 Å². The second-order valence-electron chi connectivity index (χ2n) is 7.90. The van der Waals surface area contributed by atoms with Gasteiger partial charge in [0.15, 0.2) is 0 Å². The molecule has 0 atom stereocenters. The van der Waals surface area contributed by atoms with Crippen LogP contribution < -0.4 is 0 Å². The van der Waals surface area contributed by atoms with Gasteiger partial charge in [0.05, 0.1) is 12.2 Å². The minimum absolute atomic E-state index is 0.0640. The molecule has 144 valence electrons. The third-order valence-corrected chi connectivity index (χ3v) is 5.50. The number of hydrogen-bond acceptors (Lipinski definition) is 2. The van der Waals surface area contributed by atoms with E-state index in [1.165, 1.54) is 89.9 Å². The predicted octanol–water partition coefficient (Wildman–Crippen LogP) is 6.79. The van der Waals surface area contributed by atoms with Crippen LogP contribution >= 0.6 is 0 Å². The molecule has 0 aliphatic heterocycles. The van der Waals surface area contributed by atoms with Crippen LogP contribution in [0.15, 0.2) is 0 Å². The maximum atomic E-state index is 9.48. The van der Waals surface area contributed by atoms with E-state index in [9.17, 15) is 5.11 Å². The van der Waals surface area contributed by atoms with E-state index >= 15 is 0 Å². The molecule has 24 heavy (non-hydrogen) atoms. The predicted molar refractivity (Wildman–Crippen MR) is 105 cm³/mol. The minimum atomic E-state index is -0.0640. The topological polar surface area (TPSA) is 29.5 Å². The average molecular weight is 341 g/mol. The van der Waals surface area contributed by atoms with Gasteiger partial charge in [-0.1, -0.05) is 90.4 Å². The molecular formula is C22H44O2. The molecule has 0 heterocycles. The summed E-state index contributed by atoms with van der Waals surface area (Å²) in [6, 6.07) is 0. The molecule has 0 radical (unpaired) electrons. The Balaban J connectivity index is 1.69. The summed E-state index contributed by atoms with van der Waals surface area (Å²) in [6.45, 7) is 3.22. The molecule has 0 amide bonds. The smallest absolute Gasteiger partial charge is 0.0577 e. The molecule has 1 aliphatic rings. The van der Waals surface area contributed by atoms with Crippen molar-refractivity contribution >= 4 is 0 Å². The van der Waals surface area contributed by atoms with Crippen LogP contribution in [0.2, 0.25) is 0 Å². The molecule has 0 saturated heterocycles. The normalized spacial score (nSPS) is 21.2. The summed E-state index contributed by atoms with van der Waals surface area (Å²) < 4.78 is 5.93. The fourth-order valence-electron chi connectivity index (χ4n) is 3.76. The number of aliphatic hydroxyl groups is 1. The lowest BCUT2D eigenvalue weighted by molar-refractivity contribution is -0.00447. The molecule has 2 heteroatoms. The van der Waals surface area contributed by atoms with E-state index < -0.39 is 0 Å². The molecule has 0 bridgehead atoms. The fraction of sp³-hybridized carbons (Fsp3) is 1.00. The van der Waals surface area contributed by atoms with Gasteiger partial charge >= 0.3 is 0 Å². The molecule has 0 aromatic carbocycles. The van der Waals surface area contributed by atoms with Gasteiger partial charge < -0.3 is 9.84 Å². The zero-order valence-electron chi connectivity index (χ0n) is 16.4. The first kappa shape index (κ1) is 22.0. The van der Waals surface area contributed by atoms with Crippen molar-refractivity contribution in [2.24, 2.45) is 0 Å². The molecule has 0 aromatic rings. The summed E-state index contributed by atoms with van der Waals surface area (Å²) in [6.07, 6.45) is 24.0. The molecule has 1 saturated carbocycles. The first-order valence-electron chi connectivity index (χ1n) is 11.1. The summed E-state index contributed by atoms with van der Waals surface area (Å²) >= 11 is 0. The molecule has 1 fully saturated rings. The zero-order valence-corrected chi connectivity index (χ0v) is 16.4. The van der Waals surface area contributed by atoms with Gasteiger partial charge in [0.2, 0.25) is 0 Å². The quantitative estimate of drug-likeness (QED) is 0.313. The second kappa shape index (κ2) is 16.4. The molecule has 1 rings (SSSR count). The SMILES string of the molecule is CCCCCCCCCCCCCCCCOC1CCC(O)CC1. The first-order chi connectivity index (χ1) is 11.8. The molecule has 2 nitrogen and oxygen atoms in total. The summed E-state index contributed by atoms with van der Waals surface area (Å²) in [5.74, 6) is 0. The summed E-state index contributed by atoms with van der Waals surface area (Å²) in [5, 5.41) is 9.48. The fourth-order valence-corrected chi connectivity index (χ4v) is 3.76. The van der Waals surface area contributed by atoms with Crippen LogP contribution in [0, 0.1) is 0 Å². The highest BCUT2D eigenvalue weighted by Gasteiger charge is 2.19. The second-order valence-corrected chi connectivity index (χ2v) is 7.90. The van der Waals surface area contributed by atoms with Gasteiger partial charge in [0.25, 0.3) is 0 Å². The maximum absolute atomic E-state index is 9.48. The average Bonchev–Trinajstić information content (AvgIpc) is 2.60. The van der Waals surface area contributed by atoms with Crippen molar-refractivity contribution < 1.29 is 9.84 Å². The van der Waals surface area contributed by atoms with Crippen molar-refractivity contribution in [1.29, 1.82) is 0 Å². The largest absolute Gasteiger partial charge is 0.393 e. The van der Waals surface area contributed by atoms with Crippen LogP contribution in [-0.4, -0.2) is 23.9 Å². The van der Waals surface area contributed by atoms with E-state index in [4.69, 9.17) is 4.74 Å². The Kier molecular flexibility index (Phi) is 15.0. The minimum Gasteiger partial charge on any atom is -0.393 e. The Morgan fingerprint density at radius 1 is 0.625 bits per heavy atom. The van der Waals surface area contributed by atoms with Crippen LogP contribution in [0.1, 0.15) is 122 Å². The van der Waals surface area contributed by atoms with Crippen molar-refractivity contribution in [2.75, 3.05) is 6.61 Å². The van der Waals surface area contributed by atoms with Gasteiger partial charge in [-0.15, -0.1) is 0 Å². The Morgan fingerprint density at radius 3 is 1.50 bits per heavy atom. The van der Waals surface area contributed by atoms with Crippen LogP contribution in [0.4, 0.5) is 0 Å². The third kappa shape index (κ3) is 13.2. The van der Waals surface area contributed by atoms with Crippen molar-refractivity contribution in [3.63, 3.8) is 0 Å². The molecular weight excluding hydrogens is 296 g/mol. The lowest BCUT2D eigenvalue weighted by Gasteiger charge is -2.25. The Morgan fingerprint density at radius 2 is 1.04 bits per heavy atom. The maximum Gasteiger partial charge on any atom is 0.0577 e. The van der Waals surface area contributed by atoms with E-state index in [0.29, 0.717) is 6.10 Å². The van der Waals surface area contributed by atoms with Gasteiger partial charge in [0, 0.05) is 6.61 Å². The third-order valence-electron chi connectivity index (χ3n) is 5.50. The first-order valence-corrected chi connectivity index (χ1v) is 11.1. The van der Waals surface area contributed by atoms with Crippen molar-refractivity contribution in [3.05, 3.63) is 0 Å². The van der Waals surface area contributed by atoms with Crippen molar-refractivity contribution in [2.45, 2.75) is 135 Å². The molecule has 0 unspecified atom stereocenters. The standard InChI is InChI=1S/C22H44O2/c1-2-3-4-5-6-7-8-9-10-11-12-13-14-15-20-24-22-18-16-21(23)17-19-22/h21-23H,2-20H2,1H3. The van der Waals surface area contributed by atoms with E-state index in [1.54, 1.807) is 0 Å². The van der Waals surface area contributed by atoms with E-state index in [1.807, 2.05) is 0 Å². The van der Waals surface area contributed by atoms with Crippen LogP contribution in [0.25, 0.3) is 0 Å². The van der Waals surface area contributed by atoms with E-state index in [2.05, 4.69) is 6.92 Å². The molecule has 0 spiro atoms. The van der Waals surface area contributed by atoms with Gasteiger partial charge in [-0.3, -0.25) is 0 Å². The lowest BCUT2D eigenvalue weighted by atomic mass is 9.95. The highest BCUT2D eigenvalue weighted by Crippen LogP contribution is 2.21. The van der Waals surface area contributed by atoms with Crippen molar-refractivity contribution in [1.82, 2.24) is 0 Å². The van der Waals surface area contributed by atoms with Gasteiger partial charge in [0.1, 0.15) is 0 Å². The molecule has 1 N–H and O–H groups in total. The van der Waals surface area contributed by atoms with Gasteiger partial charge in [-0.25, -0.2) is 0 Å².